The van der Waals surface area contributed by atoms with Gasteiger partial charge in [0.2, 0.25) is 23.6 Å². The lowest BCUT2D eigenvalue weighted by Gasteiger charge is -2.25. The van der Waals surface area contributed by atoms with E-state index in [2.05, 4.69) is 5.32 Å². The van der Waals surface area contributed by atoms with E-state index in [1.54, 1.807) is 60.5 Å². The first kappa shape index (κ1) is 49.4. The SMILES string of the molecule is COCCN(CC(=O)N1CC(=O)N(c2cccc(Cl)c2C)C1)C(=O)c1ccc(Cl)s1.COCCNCC(=O)N1CC(=O)N(c2cccc(Cl)c2C)C1.O=C(O)c1ccc(Cl)s1. The summed E-state index contributed by atoms with van der Waals surface area (Å²) < 4.78 is 11.0. The fraction of sp³-hybridized carbons (Fsp3) is 0.350. The number of thiophene rings is 2. The Labute approximate surface area is 381 Å². The van der Waals surface area contributed by atoms with Crippen molar-refractivity contribution in [3.63, 3.8) is 0 Å². The first-order chi connectivity index (χ1) is 29.1. The van der Waals surface area contributed by atoms with Gasteiger partial charge in [-0.3, -0.25) is 33.8 Å². The highest BCUT2D eigenvalue weighted by Gasteiger charge is 2.35. The number of carboxylic acid groups (broad SMARTS) is 1. The number of hydrogen-bond donors (Lipinski definition) is 2. The summed E-state index contributed by atoms with van der Waals surface area (Å²) in [7, 11) is 3.13. The summed E-state index contributed by atoms with van der Waals surface area (Å²) in [6.45, 7) is 5.79. The van der Waals surface area contributed by atoms with Gasteiger partial charge in [-0.15, -0.1) is 22.7 Å². The Hall–Kier alpha value is -4.30. The highest BCUT2D eigenvalue weighted by atomic mass is 35.5. The lowest BCUT2D eigenvalue weighted by atomic mass is 10.2. The fourth-order valence-electron chi connectivity index (χ4n) is 5.84. The van der Waals surface area contributed by atoms with Crippen LogP contribution in [0.15, 0.2) is 60.7 Å². The van der Waals surface area contributed by atoms with Gasteiger partial charge >= 0.3 is 5.97 Å². The predicted molar refractivity (Wildman–Crippen MR) is 239 cm³/mol. The number of benzene rings is 2. The minimum Gasteiger partial charge on any atom is -0.477 e. The lowest BCUT2D eigenvalue weighted by molar-refractivity contribution is -0.132. The molecule has 0 bridgehead atoms. The minimum atomic E-state index is -0.924. The third kappa shape index (κ3) is 13.8. The Balaban J connectivity index is 0.000000230. The highest BCUT2D eigenvalue weighted by Crippen LogP contribution is 2.30. The van der Waals surface area contributed by atoms with Gasteiger partial charge < -0.3 is 34.6 Å². The molecule has 4 aromatic rings. The topological polar surface area (TPSA) is 169 Å². The number of halogens is 4. The van der Waals surface area contributed by atoms with Crippen LogP contribution in [0, 0.1) is 13.8 Å². The van der Waals surface area contributed by atoms with E-state index in [1.165, 1.54) is 32.8 Å². The molecule has 61 heavy (non-hydrogen) atoms. The molecule has 2 aromatic heterocycles. The zero-order chi connectivity index (χ0) is 44.8. The summed E-state index contributed by atoms with van der Waals surface area (Å²) >= 11 is 25.9. The number of carbonyl (C=O) groups is 6. The van der Waals surface area contributed by atoms with Gasteiger partial charge in [-0.1, -0.05) is 58.5 Å². The summed E-state index contributed by atoms with van der Waals surface area (Å²) in [5.41, 5.74) is 3.03. The Bertz CT molecular complexity index is 2210. The molecule has 2 aromatic carbocycles. The number of rotatable bonds is 14. The van der Waals surface area contributed by atoms with Crippen LogP contribution in [0.4, 0.5) is 11.4 Å². The van der Waals surface area contributed by atoms with Crippen molar-refractivity contribution >= 4 is 116 Å². The summed E-state index contributed by atoms with van der Waals surface area (Å²) in [5, 5.41) is 12.5. The number of amides is 5. The Kier molecular flexibility index (Phi) is 19.2. The van der Waals surface area contributed by atoms with E-state index in [0.717, 1.165) is 39.5 Å². The van der Waals surface area contributed by atoms with Gasteiger partial charge in [-0.2, -0.15) is 0 Å². The van der Waals surface area contributed by atoms with Gasteiger partial charge in [0.1, 0.15) is 37.8 Å². The van der Waals surface area contributed by atoms with Crippen molar-refractivity contribution in [3.05, 3.63) is 100 Å². The van der Waals surface area contributed by atoms with Crippen LogP contribution >= 0.6 is 69.1 Å². The molecule has 328 valence electrons. The van der Waals surface area contributed by atoms with Crippen molar-refractivity contribution in [3.8, 4) is 0 Å². The number of hydrogen-bond acceptors (Lipinski definition) is 11. The summed E-state index contributed by atoms with van der Waals surface area (Å²) in [4.78, 5) is 80.9. The average molecular weight is 959 g/mol. The van der Waals surface area contributed by atoms with Crippen molar-refractivity contribution in [2.75, 3.05) is 89.8 Å². The normalized spacial score (nSPS) is 13.5. The molecule has 2 aliphatic rings. The van der Waals surface area contributed by atoms with E-state index in [1.807, 2.05) is 19.9 Å². The van der Waals surface area contributed by atoms with Gasteiger partial charge in [0, 0.05) is 48.7 Å². The molecule has 6 rings (SSSR count). The molecule has 2 saturated heterocycles. The maximum atomic E-state index is 12.9. The second-order valence-corrected chi connectivity index (χ2v) is 17.5. The number of nitrogens with zero attached hydrogens (tertiary/aromatic N) is 5. The summed E-state index contributed by atoms with van der Waals surface area (Å²) in [6, 6.07) is 17.0. The van der Waals surface area contributed by atoms with Crippen LogP contribution in [0.1, 0.15) is 30.5 Å². The number of carboxylic acids is 1. The lowest BCUT2D eigenvalue weighted by Crippen LogP contribution is -2.43. The minimum absolute atomic E-state index is 0.0536. The van der Waals surface area contributed by atoms with E-state index in [9.17, 15) is 28.8 Å². The molecule has 15 nitrogen and oxygen atoms in total. The second kappa shape index (κ2) is 23.8. The van der Waals surface area contributed by atoms with Gasteiger partial charge in [-0.05, 0) is 73.5 Å². The number of ether oxygens (including phenoxy) is 2. The molecule has 0 spiro atoms. The molecular weight excluding hydrogens is 914 g/mol. The first-order valence-corrected chi connectivity index (χ1v) is 21.6. The van der Waals surface area contributed by atoms with Crippen LogP contribution in [0.2, 0.25) is 18.7 Å². The number of aromatic carboxylic acids is 1. The molecule has 2 fully saturated rings. The van der Waals surface area contributed by atoms with Crippen LogP contribution in [0.25, 0.3) is 0 Å². The Morgan fingerprint density at radius 2 is 1.21 bits per heavy atom. The monoisotopic (exact) mass is 956 g/mol. The van der Waals surface area contributed by atoms with Gasteiger partial charge in [0.05, 0.1) is 33.3 Å². The molecule has 0 saturated carbocycles. The Morgan fingerprint density at radius 3 is 1.66 bits per heavy atom. The van der Waals surface area contributed by atoms with E-state index >= 15 is 0 Å². The maximum absolute atomic E-state index is 12.9. The molecule has 0 unspecified atom stereocenters. The zero-order valence-electron chi connectivity index (χ0n) is 33.6. The Morgan fingerprint density at radius 1 is 0.721 bits per heavy atom. The number of carbonyl (C=O) groups excluding carboxylic acids is 5. The number of methoxy groups -OCH3 is 2. The van der Waals surface area contributed by atoms with Crippen LogP contribution < -0.4 is 15.1 Å². The van der Waals surface area contributed by atoms with Crippen LogP contribution in [0.5, 0.6) is 0 Å². The molecular formula is C40H44Cl4N6O9S2. The molecule has 0 aliphatic carbocycles. The fourth-order valence-corrected chi connectivity index (χ4v) is 8.07. The maximum Gasteiger partial charge on any atom is 0.345 e. The quantitative estimate of drug-likeness (QED) is 0.135. The smallest absolute Gasteiger partial charge is 0.345 e. The van der Waals surface area contributed by atoms with E-state index < -0.39 is 5.97 Å². The highest BCUT2D eigenvalue weighted by molar-refractivity contribution is 7.18. The average Bonchev–Trinajstić information content (AvgIpc) is 4.05. The van der Waals surface area contributed by atoms with Gasteiger partial charge in [0.25, 0.3) is 5.91 Å². The van der Waals surface area contributed by atoms with Crippen molar-refractivity contribution in [1.82, 2.24) is 20.0 Å². The second-order valence-electron chi connectivity index (χ2n) is 13.3. The van der Waals surface area contributed by atoms with Crippen molar-refractivity contribution in [1.29, 1.82) is 0 Å². The number of anilines is 2. The van der Waals surface area contributed by atoms with Crippen molar-refractivity contribution in [2.45, 2.75) is 13.8 Å². The van der Waals surface area contributed by atoms with E-state index in [4.69, 9.17) is 61.0 Å². The predicted octanol–water partition coefficient (Wildman–Crippen LogP) is 6.40. The van der Waals surface area contributed by atoms with Crippen LogP contribution in [-0.4, -0.2) is 135 Å². The summed E-state index contributed by atoms with van der Waals surface area (Å²) in [5.74, 6) is -1.95. The molecule has 0 radical (unpaired) electrons. The molecule has 4 heterocycles. The molecule has 0 atom stereocenters. The molecule has 2 N–H and O–H groups in total. The first-order valence-electron chi connectivity index (χ1n) is 18.4. The zero-order valence-corrected chi connectivity index (χ0v) is 38.3. The van der Waals surface area contributed by atoms with E-state index in [0.29, 0.717) is 42.4 Å². The molecule has 2 aliphatic heterocycles. The number of nitrogens with one attached hydrogen (secondary N) is 1. The molecule has 21 heteroatoms. The molecule has 5 amide bonds. The van der Waals surface area contributed by atoms with Crippen molar-refractivity contribution < 1.29 is 43.3 Å². The van der Waals surface area contributed by atoms with Crippen LogP contribution in [-0.2, 0) is 28.7 Å². The third-order valence-corrected chi connectivity index (χ3v) is 12.4. The van der Waals surface area contributed by atoms with Gasteiger partial charge in [-0.25, -0.2) is 4.79 Å². The van der Waals surface area contributed by atoms with E-state index in [-0.39, 0.29) is 87.1 Å². The van der Waals surface area contributed by atoms with Gasteiger partial charge in [0.15, 0.2) is 0 Å². The standard InChI is InChI=1S/C20H21Cl2N3O4S.C15H20ClN3O3.C5H3ClO2S/c1-13-14(21)4-3-5-15(13)25-12-24(11-19(25)27)18(26)10-23(8-9-29-2)20(28)16-6-7-17(22)30-16;1-11-12(16)4-3-5-13(11)19-10-18(9-15(19)21)14(20)8-17-6-7-22-2;6-4-2-1-3(9-4)5(7)8/h3-7H,8-12H2,1-2H3;3-5,17H,6-10H2,1-2H3;1-2H,(H,7,8). The van der Waals surface area contributed by atoms with Crippen LogP contribution in [0.3, 0.4) is 0 Å². The largest absolute Gasteiger partial charge is 0.477 e. The third-order valence-electron chi connectivity index (χ3n) is 9.15. The van der Waals surface area contributed by atoms with Crippen molar-refractivity contribution in [2.24, 2.45) is 0 Å². The summed E-state index contributed by atoms with van der Waals surface area (Å²) in [6.07, 6.45) is 0.